The van der Waals surface area contributed by atoms with E-state index in [-0.39, 0.29) is 5.41 Å². The van der Waals surface area contributed by atoms with Gasteiger partial charge in [0.2, 0.25) is 0 Å². The molecular formula is C12H20N2S. The van der Waals surface area contributed by atoms with Gasteiger partial charge in [-0.15, -0.1) is 11.3 Å². The third kappa shape index (κ3) is 2.40. The summed E-state index contributed by atoms with van der Waals surface area (Å²) < 4.78 is 0. The lowest BCUT2D eigenvalue weighted by Gasteiger charge is -2.14. The second-order valence-electron chi connectivity index (χ2n) is 5.76. The number of nitrogens with zero attached hydrogens (tertiary/aromatic N) is 1. The molecule has 0 atom stereocenters. The van der Waals surface area contributed by atoms with E-state index < -0.39 is 0 Å². The van der Waals surface area contributed by atoms with Crippen LogP contribution in [0.15, 0.2) is 5.38 Å². The lowest BCUT2D eigenvalue weighted by atomic mass is 9.93. The molecule has 2 rings (SSSR count). The van der Waals surface area contributed by atoms with Crippen molar-refractivity contribution in [1.82, 2.24) is 4.98 Å². The molecule has 1 aliphatic rings. The smallest absolute Gasteiger partial charge is 0.0934 e. The van der Waals surface area contributed by atoms with Gasteiger partial charge in [0.15, 0.2) is 0 Å². The maximum atomic E-state index is 5.79. The second kappa shape index (κ2) is 3.56. The van der Waals surface area contributed by atoms with Crippen molar-refractivity contribution < 1.29 is 0 Å². The predicted molar refractivity (Wildman–Crippen MR) is 65.2 cm³/mol. The van der Waals surface area contributed by atoms with Crippen molar-refractivity contribution in [2.75, 3.05) is 6.54 Å². The summed E-state index contributed by atoms with van der Waals surface area (Å²) in [6, 6.07) is 0. The molecule has 0 aromatic carbocycles. The van der Waals surface area contributed by atoms with E-state index in [1.165, 1.54) is 23.5 Å². The van der Waals surface area contributed by atoms with E-state index in [0.717, 1.165) is 13.0 Å². The van der Waals surface area contributed by atoms with Crippen LogP contribution in [0.5, 0.6) is 0 Å². The van der Waals surface area contributed by atoms with Gasteiger partial charge >= 0.3 is 0 Å². The van der Waals surface area contributed by atoms with Crippen LogP contribution < -0.4 is 5.73 Å². The molecule has 0 saturated heterocycles. The minimum Gasteiger partial charge on any atom is -0.330 e. The van der Waals surface area contributed by atoms with Crippen LogP contribution in [0.4, 0.5) is 0 Å². The van der Waals surface area contributed by atoms with Gasteiger partial charge in [0, 0.05) is 17.2 Å². The number of nitrogens with two attached hydrogens (primary N) is 1. The van der Waals surface area contributed by atoms with Crippen molar-refractivity contribution in [2.24, 2.45) is 11.1 Å². The third-order valence-corrected chi connectivity index (χ3v) is 4.09. The summed E-state index contributed by atoms with van der Waals surface area (Å²) >= 11 is 1.79. The minimum absolute atomic E-state index is 0.175. The lowest BCUT2D eigenvalue weighted by Crippen LogP contribution is -2.18. The fourth-order valence-electron chi connectivity index (χ4n) is 1.69. The molecule has 1 saturated carbocycles. The second-order valence-corrected chi connectivity index (χ2v) is 6.70. The molecular weight excluding hydrogens is 204 g/mol. The summed E-state index contributed by atoms with van der Waals surface area (Å²) in [5, 5.41) is 3.46. The fraction of sp³-hybridized carbons (Fsp3) is 0.750. The molecule has 0 bridgehead atoms. The molecule has 2 N–H and O–H groups in total. The molecule has 1 aromatic rings. The maximum absolute atomic E-state index is 5.79. The first kappa shape index (κ1) is 11.1. The summed E-state index contributed by atoms with van der Waals surface area (Å²) in [6.45, 7) is 7.45. The standard InChI is InChI=1S/C12H20N2S/c1-11(2,3)9-7-15-10(14-9)6-12(8-13)4-5-12/h7H,4-6,8,13H2,1-3H3. The molecule has 0 amide bonds. The Morgan fingerprint density at radius 2 is 2.13 bits per heavy atom. The Hall–Kier alpha value is -0.410. The van der Waals surface area contributed by atoms with Crippen molar-refractivity contribution in [2.45, 2.75) is 45.4 Å². The number of thiazole rings is 1. The summed E-state index contributed by atoms with van der Waals surface area (Å²) in [5.74, 6) is 0. The molecule has 15 heavy (non-hydrogen) atoms. The van der Waals surface area contributed by atoms with E-state index >= 15 is 0 Å². The zero-order valence-electron chi connectivity index (χ0n) is 9.84. The molecule has 0 radical (unpaired) electrons. The van der Waals surface area contributed by atoms with Crippen molar-refractivity contribution in [3.05, 3.63) is 16.1 Å². The quantitative estimate of drug-likeness (QED) is 0.857. The Bertz CT molecular complexity index is 345. The van der Waals surface area contributed by atoms with Gasteiger partial charge in [-0.25, -0.2) is 4.98 Å². The van der Waals surface area contributed by atoms with Gasteiger partial charge in [0.05, 0.1) is 10.7 Å². The van der Waals surface area contributed by atoms with Gasteiger partial charge < -0.3 is 5.73 Å². The monoisotopic (exact) mass is 224 g/mol. The van der Waals surface area contributed by atoms with Gasteiger partial charge in [-0.2, -0.15) is 0 Å². The highest BCUT2D eigenvalue weighted by atomic mass is 32.1. The SMILES string of the molecule is CC(C)(C)c1csc(CC2(CN)CC2)n1. The molecule has 0 aliphatic heterocycles. The molecule has 3 heteroatoms. The maximum Gasteiger partial charge on any atom is 0.0934 e. The topological polar surface area (TPSA) is 38.9 Å². The van der Waals surface area contributed by atoms with Crippen LogP contribution in [0.25, 0.3) is 0 Å². The van der Waals surface area contributed by atoms with E-state index in [4.69, 9.17) is 10.7 Å². The highest BCUT2D eigenvalue weighted by Gasteiger charge is 2.41. The van der Waals surface area contributed by atoms with Crippen LogP contribution in [0, 0.1) is 5.41 Å². The molecule has 1 aliphatic carbocycles. The van der Waals surface area contributed by atoms with Crippen LogP contribution in [0.2, 0.25) is 0 Å². The molecule has 1 heterocycles. The normalized spacial score (nSPS) is 19.2. The summed E-state index contributed by atoms with van der Waals surface area (Å²) in [5.41, 5.74) is 7.59. The number of aromatic nitrogens is 1. The molecule has 1 fully saturated rings. The largest absolute Gasteiger partial charge is 0.330 e. The van der Waals surface area contributed by atoms with Gasteiger partial charge in [0.25, 0.3) is 0 Å². The number of rotatable bonds is 3. The van der Waals surface area contributed by atoms with E-state index in [2.05, 4.69) is 26.2 Å². The van der Waals surface area contributed by atoms with E-state index in [1.54, 1.807) is 11.3 Å². The average Bonchev–Trinajstić information content (AvgIpc) is 2.73. The Morgan fingerprint density at radius 3 is 2.53 bits per heavy atom. The molecule has 84 valence electrons. The van der Waals surface area contributed by atoms with Crippen LogP contribution in [0.1, 0.15) is 44.3 Å². The fourth-order valence-corrected chi connectivity index (χ4v) is 2.88. The van der Waals surface area contributed by atoms with Crippen molar-refractivity contribution in [3.8, 4) is 0 Å². The zero-order valence-corrected chi connectivity index (χ0v) is 10.7. The van der Waals surface area contributed by atoms with Crippen LogP contribution in [-0.2, 0) is 11.8 Å². The molecule has 1 aromatic heterocycles. The van der Waals surface area contributed by atoms with Crippen LogP contribution >= 0.6 is 11.3 Å². The van der Waals surface area contributed by atoms with E-state index in [9.17, 15) is 0 Å². The zero-order chi connectivity index (χ0) is 11.1. The summed E-state index contributed by atoms with van der Waals surface area (Å²) in [4.78, 5) is 4.72. The lowest BCUT2D eigenvalue weighted by molar-refractivity contribution is 0.514. The van der Waals surface area contributed by atoms with E-state index in [0.29, 0.717) is 5.41 Å². The van der Waals surface area contributed by atoms with Crippen LogP contribution in [-0.4, -0.2) is 11.5 Å². The number of hydrogen-bond acceptors (Lipinski definition) is 3. The van der Waals surface area contributed by atoms with Gasteiger partial charge in [-0.05, 0) is 24.8 Å². The highest BCUT2D eigenvalue weighted by Crippen LogP contribution is 2.47. The van der Waals surface area contributed by atoms with E-state index in [1.807, 2.05) is 0 Å². The number of hydrogen-bond donors (Lipinski definition) is 1. The van der Waals surface area contributed by atoms with Gasteiger partial charge in [-0.1, -0.05) is 20.8 Å². The van der Waals surface area contributed by atoms with Crippen molar-refractivity contribution in [3.63, 3.8) is 0 Å². The van der Waals surface area contributed by atoms with Crippen molar-refractivity contribution in [1.29, 1.82) is 0 Å². The van der Waals surface area contributed by atoms with Gasteiger partial charge in [0.1, 0.15) is 0 Å². The first-order chi connectivity index (χ1) is 6.95. The predicted octanol–water partition coefficient (Wildman–Crippen LogP) is 2.72. The average molecular weight is 224 g/mol. The van der Waals surface area contributed by atoms with Gasteiger partial charge in [-0.3, -0.25) is 0 Å². The van der Waals surface area contributed by atoms with Crippen molar-refractivity contribution >= 4 is 11.3 Å². The Morgan fingerprint density at radius 1 is 1.47 bits per heavy atom. The molecule has 0 unspecified atom stereocenters. The summed E-state index contributed by atoms with van der Waals surface area (Å²) in [7, 11) is 0. The minimum atomic E-state index is 0.175. The Kier molecular flexibility index (Phi) is 2.63. The summed E-state index contributed by atoms with van der Waals surface area (Å²) in [6.07, 6.45) is 3.66. The Balaban J connectivity index is 2.08. The third-order valence-electron chi connectivity index (χ3n) is 3.24. The molecule has 2 nitrogen and oxygen atoms in total. The first-order valence-electron chi connectivity index (χ1n) is 5.60. The highest BCUT2D eigenvalue weighted by molar-refractivity contribution is 7.09. The molecule has 0 spiro atoms. The Labute approximate surface area is 95.9 Å². The van der Waals surface area contributed by atoms with Crippen LogP contribution in [0.3, 0.4) is 0 Å². The first-order valence-corrected chi connectivity index (χ1v) is 6.48.